The molecule has 112 valence electrons. The molecule has 1 heterocycles. The van der Waals surface area contributed by atoms with Crippen LogP contribution in [0.4, 0.5) is 8.78 Å². The molecule has 1 unspecified atom stereocenters. The summed E-state index contributed by atoms with van der Waals surface area (Å²) in [6, 6.07) is 3.15. The largest absolute Gasteiger partial charge is 0.481 e. The standard InChI is InChI=1S/C15H15F2NO3/c1-9(12-3-2-11(16)7-13(12)17)6-14(19)18-5-4-10(8-18)15(20)21/h2-3,6-7,10H,4-5,8H2,1H3,(H,20,21). The maximum Gasteiger partial charge on any atom is 0.308 e. The van der Waals surface area contributed by atoms with Crippen molar-refractivity contribution in [3.63, 3.8) is 0 Å². The summed E-state index contributed by atoms with van der Waals surface area (Å²) in [5, 5.41) is 8.90. The van der Waals surface area contributed by atoms with Crippen LogP contribution in [0.5, 0.6) is 0 Å². The first-order chi connectivity index (χ1) is 9.88. The zero-order valence-electron chi connectivity index (χ0n) is 11.5. The van der Waals surface area contributed by atoms with Gasteiger partial charge in [-0.3, -0.25) is 9.59 Å². The van der Waals surface area contributed by atoms with Crippen molar-refractivity contribution in [2.24, 2.45) is 5.92 Å². The first-order valence-electron chi connectivity index (χ1n) is 6.54. The third kappa shape index (κ3) is 3.45. The van der Waals surface area contributed by atoms with Gasteiger partial charge in [0.15, 0.2) is 0 Å². The summed E-state index contributed by atoms with van der Waals surface area (Å²) >= 11 is 0. The van der Waals surface area contributed by atoms with Gasteiger partial charge in [0.2, 0.25) is 5.91 Å². The van der Waals surface area contributed by atoms with Crippen LogP contribution in [-0.4, -0.2) is 35.0 Å². The molecule has 0 aliphatic carbocycles. The number of nitrogens with zero attached hydrogens (tertiary/aromatic N) is 1. The number of hydrogen-bond donors (Lipinski definition) is 1. The predicted octanol–water partition coefficient (Wildman–Crippen LogP) is 2.30. The van der Waals surface area contributed by atoms with E-state index in [1.807, 2.05) is 0 Å². The molecule has 2 rings (SSSR count). The van der Waals surface area contributed by atoms with Gasteiger partial charge >= 0.3 is 5.97 Å². The van der Waals surface area contributed by atoms with Gasteiger partial charge in [0.1, 0.15) is 11.6 Å². The number of halogens is 2. The zero-order valence-corrected chi connectivity index (χ0v) is 11.5. The van der Waals surface area contributed by atoms with Gasteiger partial charge in [-0.15, -0.1) is 0 Å². The molecule has 0 spiro atoms. The summed E-state index contributed by atoms with van der Waals surface area (Å²) < 4.78 is 26.5. The minimum Gasteiger partial charge on any atom is -0.481 e. The van der Waals surface area contributed by atoms with Crippen LogP contribution in [0, 0.1) is 17.6 Å². The fourth-order valence-electron chi connectivity index (χ4n) is 2.33. The van der Waals surface area contributed by atoms with Gasteiger partial charge in [0.25, 0.3) is 0 Å². The molecule has 1 N–H and O–H groups in total. The molecule has 1 atom stereocenters. The average molecular weight is 295 g/mol. The second-order valence-corrected chi connectivity index (χ2v) is 5.06. The van der Waals surface area contributed by atoms with Crippen molar-refractivity contribution in [1.82, 2.24) is 4.90 Å². The van der Waals surface area contributed by atoms with E-state index in [9.17, 15) is 18.4 Å². The van der Waals surface area contributed by atoms with Crippen LogP contribution < -0.4 is 0 Å². The summed E-state index contributed by atoms with van der Waals surface area (Å²) in [6.07, 6.45) is 1.67. The number of carbonyl (C=O) groups excluding carboxylic acids is 1. The normalized spacial score (nSPS) is 18.9. The number of likely N-dealkylation sites (tertiary alicyclic amines) is 1. The Morgan fingerprint density at radius 1 is 1.38 bits per heavy atom. The van der Waals surface area contributed by atoms with E-state index in [-0.39, 0.29) is 18.0 Å². The molecule has 1 aliphatic rings. The topological polar surface area (TPSA) is 57.6 Å². The van der Waals surface area contributed by atoms with E-state index in [2.05, 4.69) is 0 Å². The van der Waals surface area contributed by atoms with Crippen molar-refractivity contribution in [3.05, 3.63) is 41.5 Å². The van der Waals surface area contributed by atoms with Crippen LogP contribution in [0.1, 0.15) is 18.9 Å². The van der Waals surface area contributed by atoms with Gasteiger partial charge in [0, 0.05) is 30.8 Å². The molecule has 1 aromatic rings. The van der Waals surface area contributed by atoms with E-state index < -0.39 is 23.5 Å². The first kappa shape index (κ1) is 15.2. The first-order valence-corrected chi connectivity index (χ1v) is 6.54. The van der Waals surface area contributed by atoms with Crippen molar-refractivity contribution < 1.29 is 23.5 Å². The van der Waals surface area contributed by atoms with E-state index in [1.165, 1.54) is 17.0 Å². The number of benzene rings is 1. The molecule has 1 aromatic carbocycles. The second-order valence-electron chi connectivity index (χ2n) is 5.06. The number of carbonyl (C=O) groups is 2. The lowest BCUT2D eigenvalue weighted by Gasteiger charge is -2.14. The van der Waals surface area contributed by atoms with Gasteiger partial charge in [-0.2, -0.15) is 0 Å². The molecule has 0 bridgehead atoms. The van der Waals surface area contributed by atoms with Gasteiger partial charge in [-0.05, 0) is 31.1 Å². The summed E-state index contributed by atoms with van der Waals surface area (Å²) in [7, 11) is 0. The number of carboxylic acids is 1. The summed E-state index contributed by atoms with van der Waals surface area (Å²) in [5.41, 5.74) is 0.523. The van der Waals surface area contributed by atoms with Crippen molar-refractivity contribution in [2.45, 2.75) is 13.3 Å². The van der Waals surface area contributed by atoms with Gasteiger partial charge in [-0.1, -0.05) is 0 Å². The summed E-state index contributed by atoms with van der Waals surface area (Å²) in [5.74, 6) is -3.25. The van der Waals surface area contributed by atoms with E-state index in [0.29, 0.717) is 18.5 Å². The molecule has 0 aromatic heterocycles. The minimum absolute atomic E-state index is 0.152. The molecule has 1 fully saturated rings. The quantitative estimate of drug-likeness (QED) is 0.871. The number of carboxylic acid groups (broad SMARTS) is 1. The van der Waals surface area contributed by atoms with Crippen LogP contribution in [0.3, 0.4) is 0 Å². The zero-order chi connectivity index (χ0) is 15.6. The monoisotopic (exact) mass is 295 g/mol. The summed E-state index contributed by atoms with van der Waals surface area (Å²) in [6.45, 7) is 2.08. The molecule has 1 amide bonds. The highest BCUT2D eigenvalue weighted by atomic mass is 19.1. The molecule has 4 nitrogen and oxygen atoms in total. The van der Waals surface area contributed by atoms with E-state index in [0.717, 1.165) is 12.1 Å². The second kappa shape index (κ2) is 6.03. The lowest BCUT2D eigenvalue weighted by Crippen LogP contribution is -2.28. The number of hydrogen-bond acceptors (Lipinski definition) is 2. The van der Waals surface area contributed by atoms with Gasteiger partial charge in [-0.25, -0.2) is 8.78 Å². The van der Waals surface area contributed by atoms with Crippen LogP contribution in [0.15, 0.2) is 24.3 Å². The molecular weight excluding hydrogens is 280 g/mol. The molecule has 0 saturated carbocycles. The van der Waals surface area contributed by atoms with Gasteiger partial charge < -0.3 is 10.0 Å². The van der Waals surface area contributed by atoms with Crippen LogP contribution >= 0.6 is 0 Å². The van der Waals surface area contributed by atoms with E-state index >= 15 is 0 Å². The molecule has 1 saturated heterocycles. The Balaban J connectivity index is 2.12. The lowest BCUT2D eigenvalue weighted by atomic mass is 10.1. The van der Waals surface area contributed by atoms with Crippen molar-refractivity contribution in [3.8, 4) is 0 Å². The average Bonchev–Trinajstić information content (AvgIpc) is 2.88. The number of amides is 1. The number of aliphatic carboxylic acids is 1. The fraction of sp³-hybridized carbons (Fsp3) is 0.333. The third-order valence-electron chi connectivity index (χ3n) is 3.55. The molecule has 1 aliphatic heterocycles. The summed E-state index contributed by atoms with van der Waals surface area (Å²) in [4.78, 5) is 24.3. The van der Waals surface area contributed by atoms with Crippen molar-refractivity contribution in [1.29, 1.82) is 0 Å². The Kier molecular flexibility index (Phi) is 4.35. The van der Waals surface area contributed by atoms with Crippen LogP contribution in [-0.2, 0) is 9.59 Å². The maximum absolute atomic E-state index is 13.6. The molecular formula is C15H15F2NO3. The Bertz CT molecular complexity index is 613. The highest BCUT2D eigenvalue weighted by molar-refractivity contribution is 5.95. The molecule has 0 radical (unpaired) electrons. The van der Waals surface area contributed by atoms with Crippen LogP contribution in [0.25, 0.3) is 5.57 Å². The lowest BCUT2D eigenvalue weighted by molar-refractivity contribution is -0.141. The fourth-order valence-corrected chi connectivity index (χ4v) is 2.33. The maximum atomic E-state index is 13.6. The molecule has 6 heteroatoms. The number of allylic oxidation sites excluding steroid dienone is 1. The van der Waals surface area contributed by atoms with E-state index in [1.54, 1.807) is 6.92 Å². The SMILES string of the molecule is CC(=CC(=O)N1CCC(C(=O)O)C1)c1ccc(F)cc1F. The minimum atomic E-state index is -0.921. The predicted molar refractivity (Wildman–Crippen MR) is 72.3 cm³/mol. The van der Waals surface area contributed by atoms with Crippen molar-refractivity contribution in [2.75, 3.05) is 13.1 Å². The Labute approximate surface area is 120 Å². The molecule has 21 heavy (non-hydrogen) atoms. The smallest absolute Gasteiger partial charge is 0.308 e. The highest BCUT2D eigenvalue weighted by Gasteiger charge is 2.30. The third-order valence-corrected chi connectivity index (χ3v) is 3.55. The number of rotatable bonds is 3. The Morgan fingerprint density at radius 2 is 2.10 bits per heavy atom. The van der Waals surface area contributed by atoms with Gasteiger partial charge in [0.05, 0.1) is 5.92 Å². The highest BCUT2D eigenvalue weighted by Crippen LogP contribution is 2.21. The van der Waals surface area contributed by atoms with E-state index in [4.69, 9.17) is 5.11 Å². The van der Waals surface area contributed by atoms with Crippen molar-refractivity contribution >= 4 is 17.4 Å². The Hall–Kier alpha value is -2.24. The Morgan fingerprint density at radius 3 is 2.67 bits per heavy atom. The van der Waals surface area contributed by atoms with Crippen LogP contribution in [0.2, 0.25) is 0 Å².